The van der Waals surface area contributed by atoms with Gasteiger partial charge in [0.1, 0.15) is 5.60 Å². The third-order valence-corrected chi connectivity index (χ3v) is 4.74. The Morgan fingerprint density at radius 3 is 2.56 bits per heavy atom. The van der Waals surface area contributed by atoms with Crippen LogP contribution in [0.25, 0.3) is 0 Å². The van der Waals surface area contributed by atoms with Gasteiger partial charge in [-0.1, -0.05) is 30.3 Å². The Kier molecular flexibility index (Phi) is 5.39. The van der Waals surface area contributed by atoms with E-state index in [4.69, 9.17) is 9.47 Å². The highest BCUT2D eigenvalue weighted by atomic mass is 16.6. The van der Waals surface area contributed by atoms with Crippen LogP contribution in [-0.2, 0) is 20.8 Å². The number of ether oxygens (including phenoxy) is 2. The maximum absolute atomic E-state index is 12.7. The maximum Gasteiger partial charge on any atom is 0.418 e. The van der Waals surface area contributed by atoms with Crippen molar-refractivity contribution in [2.75, 3.05) is 6.54 Å². The van der Waals surface area contributed by atoms with Gasteiger partial charge in [0, 0.05) is 6.54 Å². The van der Waals surface area contributed by atoms with Crippen molar-refractivity contribution in [2.24, 2.45) is 0 Å². The molecule has 0 aliphatic carbocycles. The fourth-order valence-electron chi connectivity index (χ4n) is 3.59. The fourth-order valence-corrected chi connectivity index (χ4v) is 3.59. The van der Waals surface area contributed by atoms with Crippen molar-refractivity contribution in [3.63, 3.8) is 0 Å². The van der Waals surface area contributed by atoms with Crippen LogP contribution in [0.3, 0.4) is 0 Å². The molecule has 3 rings (SSSR count). The van der Waals surface area contributed by atoms with Gasteiger partial charge >= 0.3 is 18.2 Å². The van der Waals surface area contributed by atoms with Gasteiger partial charge in [0.05, 0.1) is 12.6 Å². The van der Waals surface area contributed by atoms with E-state index in [1.807, 2.05) is 30.3 Å². The van der Waals surface area contributed by atoms with Crippen LogP contribution >= 0.6 is 0 Å². The molecule has 1 aromatic carbocycles. The third-order valence-electron chi connectivity index (χ3n) is 4.74. The van der Waals surface area contributed by atoms with Crippen LogP contribution in [0.2, 0.25) is 0 Å². The van der Waals surface area contributed by atoms with Gasteiger partial charge in [0.15, 0.2) is 6.04 Å². The van der Waals surface area contributed by atoms with Gasteiger partial charge < -0.3 is 14.4 Å². The molecule has 2 amide bonds. The topological polar surface area (TPSA) is 76.1 Å². The quantitative estimate of drug-likeness (QED) is 0.599. The maximum atomic E-state index is 12.7. The number of carbonyl (C=O) groups excluding carboxylic acids is 3. The second kappa shape index (κ2) is 7.58. The van der Waals surface area contributed by atoms with Crippen molar-refractivity contribution in [3.05, 3.63) is 35.9 Å². The predicted molar refractivity (Wildman–Crippen MR) is 97.8 cm³/mol. The Labute approximate surface area is 159 Å². The molecule has 7 nitrogen and oxygen atoms in total. The second-order valence-electron chi connectivity index (χ2n) is 7.98. The summed E-state index contributed by atoms with van der Waals surface area (Å²) in [5, 5.41) is 0. The molecule has 0 aromatic heterocycles. The van der Waals surface area contributed by atoms with Gasteiger partial charge in [0.2, 0.25) is 0 Å². The number of piperidine rings is 1. The van der Waals surface area contributed by atoms with Gasteiger partial charge in [-0.2, -0.15) is 0 Å². The molecular formula is C20H26N2O5. The minimum absolute atomic E-state index is 0.259. The second-order valence-corrected chi connectivity index (χ2v) is 7.98. The van der Waals surface area contributed by atoms with Gasteiger partial charge in [-0.05, 0) is 45.6 Å². The van der Waals surface area contributed by atoms with Gasteiger partial charge in [-0.15, -0.1) is 0 Å². The smallest absolute Gasteiger partial charge is 0.418 e. The summed E-state index contributed by atoms with van der Waals surface area (Å²) in [6.07, 6.45) is 1.21. The number of likely N-dealkylation sites (tertiary alicyclic amines) is 1. The van der Waals surface area contributed by atoms with E-state index in [-0.39, 0.29) is 6.54 Å². The predicted octanol–water partition coefficient (Wildman–Crippen LogP) is 3.32. The molecule has 0 N–H and O–H groups in total. The highest BCUT2D eigenvalue weighted by Gasteiger charge is 2.49. The number of hydrogen-bond donors (Lipinski definition) is 0. The van der Waals surface area contributed by atoms with Crippen molar-refractivity contribution in [2.45, 2.75) is 64.3 Å². The molecule has 0 spiro atoms. The Bertz CT molecular complexity index is 713. The molecule has 7 heteroatoms. The minimum atomic E-state index is -0.814. The number of nitrogens with zero attached hydrogens (tertiary/aromatic N) is 2. The van der Waals surface area contributed by atoms with Crippen LogP contribution in [0.5, 0.6) is 0 Å². The molecule has 2 aliphatic rings. The third kappa shape index (κ3) is 4.40. The summed E-state index contributed by atoms with van der Waals surface area (Å²) in [6, 6.07) is 8.16. The highest BCUT2D eigenvalue weighted by Crippen LogP contribution is 2.30. The number of amides is 2. The molecule has 146 valence electrons. The molecule has 2 heterocycles. The van der Waals surface area contributed by atoms with Crippen LogP contribution in [0, 0.1) is 0 Å². The number of rotatable bonds is 3. The van der Waals surface area contributed by atoms with E-state index in [1.54, 1.807) is 25.7 Å². The van der Waals surface area contributed by atoms with Gasteiger partial charge in [0.25, 0.3) is 0 Å². The number of esters is 1. The van der Waals surface area contributed by atoms with E-state index in [0.717, 1.165) is 18.4 Å². The lowest BCUT2D eigenvalue weighted by Gasteiger charge is -2.40. The summed E-state index contributed by atoms with van der Waals surface area (Å²) in [5.74, 6) is -0.601. The van der Waals surface area contributed by atoms with Crippen LogP contribution in [-0.4, -0.2) is 52.2 Å². The Morgan fingerprint density at radius 1 is 1.19 bits per heavy atom. The first-order chi connectivity index (χ1) is 12.8. The van der Waals surface area contributed by atoms with Crippen LogP contribution in [0.1, 0.15) is 45.6 Å². The lowest BCUT2D eigenvalue weighted by atomic mass is 9.95. The number of hydrogen-bond acceptors (Lipinski definition) is 5. The summed E-state index contributed by atoms with van der Waals surface area (Å²) in [5.41, 5.74) is 0.267. The largest absolute Gasteiger partial charge is 0.444 e. The van der Waals surface area contributed by atoms with Crippen LogP contribution < -0.4 is 0 Å². The van der Waals surface area contributed by atoms with Gasteiger partial charge in [-0.3, -0.25) is 4.90 Å². The van der Waals surface area contributed by atoms with E-state index in [0.29, 0.717) is 13.0 Å². The van der Waals surface area contributed by atoms with E-state index < -0.39 is 35.8 Å². The van der Waals surface area contributed by atoms with E-state index in [1.165, 1.54) is 4.90 Å². The van der Waals surface area contributed by atoms with E-state index in [2.05, 4.69) is 0 Å². The number of benzene rings is 1. The average molecular weight is 374 g/mol. The minimum Gasteiger partial charge on any atom is -0.444 e. The molecule has 2 aliphatic heterocycles. The van der Waals surface area contributed by atoms with E-state index in [9.17, 15) is 14.4 Å². The Balaban J connectivity index is 1.84. The number of cyclic esters (lactones) is 2. The molecule has 0 saturated carbocycles. The van der Waals surface area contributed by atoms with Crippen LogP contribution in [0.4, 0.5) is 9.59 Å². The summed E-state index contributed by atoms with van der Waals surface area (Å²) in [7, 11) is 0. The molecule has 2 saturated heterocycles. The molecule has 27 heavy (non-hydrogen) atoms. The summed E-state index contributed by atoms with van der Waals surface area (Å²) < 4.78 is 10.4. The molecule has 2 fully saturated rings. The monoisotopic (exact) mass is 374 g/mol. The Hall–Kier alpha value is -2.57. The van der Waals surface area contributed by atoms with Crippen molar-refractivity contribution < 1.29 is 23.9 Å². The zero-order chi connectivity index (χ0) is 19.6. The first-order valence-corrected chi connectivity index (χ1v) is 9.32. The summed E-state index contributed by atoms with van der Waals surface area (Å²) >= 11 is 0. The molecule has 2 atom stereocenters. The van der Waals surface area contributed by atoms with Crippen molar-refractivity contribution in [3.8, 4) is 0 Å². The molecule has 1 aromatic rings. The molecule has 0 bridgehead atoms. The first-order valence-electron chi connectivity index (χ1n) is 9.32. The normalized spacial score (nSPS) is 23.4. The zero-order valence-corrected chi connectivity index (χ0v) is 16.0. The van der Waals surface area contributed by atoms with Crippen LogP contribution in [0.15, 0.2) is 30.3 Å². The average Bonchev–Trinajstić information content (AvgIpc) is 2.88. The van der Waals surface area contributed by atoms with Crippen molar-refractivity contribution >= 4 is 18.2 Å². The lowest BCUT2D eigenvalue weighted by Crippen LogP contribution is -2.56. The highest BCUT2D eigenvalue weighted by molar-refractivity contribution is 5.96. The Morgan fingerprint density at radius 2 is 1.89 bits per heavy atom. The summed E-state index contributed by atoms with van der Waals surface area (Å²) in [4.78, 5) is 40.5. The van der Waals surface area contributed by atoms with E-state index >= 15 is 0 Å². The molecule has 0 radical (unpaired) electrons. The standard InChI is InChI=1S/C20H26N2O5/c1-20(2,3)27-19(25)21-12-8-7-11-15(21)16-17(23)26-18(24)22(16)13-14-9-5-4-6-10-14/h4-6,9-10,15-16H,7-8,11-13H2,1-3H3/t15-,16+/m0/s1. The fraction of sp³-hybridized carbons (Fsp3) is 0.550. The van der Waals surface area contributed by atoms with Crippen molar-refractivity contribution in [1.82, 2.24) is 9.80 Å². The number of carbonyl (C=O) groups is 3. The summed E-state index contributed by atoms with van der Waals surface area (Å²) in [6.45, 7) is 6.17. The molecular weight excluding hydrogens is 348 g/mol. The van der Waals surface area contributed by atoms with Crippen molar-refractivity contribution in [1.29, 1.82) is 0 Å². The first kappa shape index (κ1) is 19.2. The zero-order valence-electron chi connectivity index (χ0n) is 16.0. The SMILES string of the molecule is CC(C)(C)OC(=O)N1CCCC[C@H]1[C@@H]1C(=O)OC(=O)N1Cc1ccccc1. The lowest BCUT2D eigenvalue weighted by molar-refractivity contribution is -0.137. The van der Waals surface area contributed by atoms with Gasteiger partial charge in [-0.25, -0.2) is 14.4 Å². The molecule has 0 unspecified atom stereocenters.